The Labute approximate surface area is 60.2 Å². The molecule has 0 aromatic rings. The standard InChI is InChI=1S/C5H10O4S/c1-4(6)10(3,8,9)5(2)7/h1-3H3,(H,8,9)/i3D. The maximum Gasteiger partial charge on any atom is 0.238 e. The number of carbonyl (C=O) groups excluding carboxylic acids is 2. The predicted molar refractivity (Wildman–Crippen MR) is 38.1 cm³/mol. The molecule has 5 heteroatoms. The van der Waals surface area contributed by atoms with Crippen LogP contribution in [-0.2, 0) is 18.9 Å². The second kappa shape index (κ2) is 1.96. The molecule has 0 aliphatic heterocycles. The minimum atomic E-state index is -4.96. The molecule has 0 radical (unpaired) electrons. The zero-order chi connectivity index (χ0) is 9.31. The van der Waals surface area contributed by atoms with Gasteiger partial charge >= 0.3 is 0 Å². The van der Waals surface area contributed by atoms with Gasteiger partial charge in [0.25, 0.3) is 0 Å². The Morgan fingerprint density at radius 1 is 1.40 bits per heavy atom. The zero-order valence-corrected chi connectivity index (χ0v) is 6.60. The molecule has 1 N–H and O–H groups in total. The van der Waals surface area contributed by atoms with Gasteiger partial charge in [-0.2, -0.15) is 4.21 Å². The first-order valence-corrected chi connectivity index (χ1v) is 4.55. The van der Waals surface area contributed by atoms with Gasteiger partial charge in [-0.1, -0.05) is 9.35 Å². The third-order valence-electron chi connectivity index (χ3n) is 1.19. The van der Waals surface area contributed by atoms with E-state index in [0.717, 1.165) is 13.8 Å². The maximum absolute atomic E-state index is 11.2. The van der Waals surface area contributed by atoms with Gasteiger partial charge in [-0.3, -0.25) is 14.1 Å². The van der Waals surface area contributed by atoms with Crippen LogP contribution in [-0.4, -0.2) is 25.2 Å². The summed E-state index contributed by atoms with van der Waals surface area (Å²) >= 11 is 0. The Morgan fingerprint density at radius 3 is 1.70 bits per heavy atom. The van der Waals surface area contributed by atoms with Crippen LogP contribution >= 0.6 is 0 Å². The van der Waals surface area contributed by atoms with Crippen LogP contribution in [0.3, 0.4) is 0 Å². The van der Waals surface area contributed by atoms with E-state index in [-0.39, 0.29) is 0 Å². The summed E-state index contributed by atoms with van der Waals surface area (Å²) in [6.45, 7) is 1.68. The van der Waals surface area contributed by atoms with Gasteiger partial charge in [0.1, 0.15) is 0 Å². The van der Waals surface area contributed by atoms with Gasteiger partial charge in [0.2, 0.25) is 10.2 Å². The molecule has 4 nitrogen and oxygen atoms in total. The Bertz CT molecular complexity index is 252. The smallest absolute Gasteiger partial charge is 0.238 e. The molecular weight excluding hydrogens is 156 g/mol. The monoisotopic (exact) mass is 167 g/mol. The third-order valence-corrected chi connectivity index (χ3v) is 3.56. The first kappa shape index (κ1) is 7.56. The molecular formula is C5H10O4S. The van der Waals surface area contributed by atoms with Crippen molar-refractivity contribution in [3.63, 3.8) is 0 Å². The van der Waals surface area contributed by atoms with E-state index >= 15 is 0 Å². The lowest BCUT2D eigenvalue weighted by Gasteiger charge is -2.31. The van der Waals surface area contributed by atoms with E-state index in [0.29, 0.717) is 0 Å². The molecule has 10 heavy (non-hydrogen) atoms. The summed E-state index contributed by atoms with van der Waals surface area (Å²) in [6, 6.07) is 0. The molecule has 0 heterocycles. The van der Waals surface area contributed by atoms with Crippen molar-refractivity contribution in [3.8, 4) is 0 Å². The number of rotatable bonds is 0. The van der Waals surface area contributed by atoms with Crippen molar-refractivity contribution in [1.82, 2.24) is 0 Å². The van der Waals surface area contributed by atoms with Gasteiger partial charge in [0.15, 0.2) is 0 Å². The average molecular weight is 167 g/mol. The molecule has 60 valence electrons. The Hall–Kier alpha value is -0.550. The highest BCUT2D eigenvalue weighted by Gasteiger charge is 2.32. The highest BCUT2D eigenvalue weighted by atomic mass is 32.3. The molecule has 0 bridgehead atoms. The summed E-state index contributed by atoms with van der Waals surface area (Å²) in [5.41, 5.74) is 0. The fourth-order valence-electron chi connectivity index (χ4n) is 0.202. The summed E-state index contributed by atoms with van der Waals surface area (Å²) in [5, 5.41) is -2.27. The van der Waals surface area contributed by atoms with Crippen LogP contribution in [0.5, 0.6) is 0 Å². The Morgan fingerprint density at radius 2 is 1.70 bits per heavy atom. The van der Waals surface area contributed by atoms with Gasteiger partial charge in [-0.25, -0.2) is 0 Å². The quantitative estimate of drug-likeness (QED) is 0.551. The largest absolute Gasteiger partial charge is 0.290 e. The minimum absolute atomic E-state index is 0.838. The lowest BCUT2D eigenvalue weighted by Crippen LogP contribution is -2.44. The topological polar surface area (TPSA) is 71.4 Å². The predicted octanol–water partition coefficient (Wildman–Crippen LogP) is 0.00230. The van der Waals surface area contributed by atoms with Crippen molar-refractivity contribution in [1.29, 1.82) is 0 Å². The van der Waals surface area contributed by atoms with Gasteiger partial charge in [-0.15, -0.1) is 0 Å². The van der Waals surface area contributed by atoms with Gasteiger partial charge < -0.3 is 0 Å². The van der Waals surface area contributed by atoms with Crippen molar-refractivity contribution in [2.24, 2.45) is 0 Å². The number of hydrogen-bond donors (Lipinski definition) is 1. The number of carbonyl (C=O) groups is 2. The van der Waals surface area contributed by atoms with E-state index in [1.165, 1.54) is 0 Å². The van der Waals surface area contributed by atoms with Crippen LogP contribution < -0.4 is 0 Å². The average Bonchev–Trinajstić information content (AvgIpc) is 1.88. The first-order valence-electron chi connectivity index (χ1n) is 3.16. The summed E-state index contributed by atoms with van der Waals surface area (Å²) < 4.78 is 27.0. The normalized spacial score (nSPS) is 16.7. The summed E-state index contributed by atoms with van der Waals surface area (Å²) in [7, 11) is -4.96. The highest BCUT2D eigenvalue weighted by Crippen LogP contribution is 2.18. The van der Waals surface area contributed by atoms with Crippen LogP contribution in [0.4, 0.5) is 0 Å². The Kier molecular flexibility index (Phi) is 1.48. The fraction of sp³-hybridized carbons (Fsp3) is 0.600. The molecule has 0 saturated carbocycles. The van der Waals surface area contributed by atoms with Crippen molar-refractivity contribution in [2.45, 2.75) is 13.8 Å². The summed E-state index contributed by atoms with van der Waals surface area (Å²) in [4.78, 5) is 21.2. The van der Waals surface area contributed by atoms with E-state index in [9.17, 15) is 13.8 Å². The molecule has 0 aromatic carbocycles. The lowest BCUT2D eigenvalue weighted by molar-refractivity contribution is -0.113. The van der Waals surface area contributed by atoms with Crippen molar-refractivity contribution >= 4 is 19.6 Å². The Balaban J connectivity index is 5.34. The molecule has 0 unspecified atom stereocenters. The van der Waals surface area contributed by atoms with E-state index in [1.54, 1.807) is 0 Å². The van der Waals surface area contributed by atoms with Crippen molar-refractivity contribution < 1.29 is 19.7 Å². The molecule has 0 aliphatic rings. The molecule has 0 fully saturated rings. The molecule has 0 rings (SSSR count). The van der Waals surface area contributed by atoms with E-state index in [2.05, 4.69) is 0 Å². The fourth-order valence-corrected chi connectivity index (χ4v) is 0.607. The van der Waals surface area contributed by atoms with E-state index < -0.39 is 25.8 Å². The second-order valence-electron chi connectivity index (χ2n) is 2.04. The summed E-state index contributed by atoms with van der Waals surface area (Å²) in [6.07, 6.45) is -1.08. The molecule has 0 aliphatic carbocycles. The highest BCUT2D eigenvalue weighted by molar-refractivity contribution is 8.38. The van der Waals surface area contributed by atoms with Crippen LogP contribution in [0.25, 0.3) is 0 Å². The van der Waals surface area contributed by atoms with Gasteiger partial charge in [-0.05, 0) is 0 Å². The summed E-state index contributed by atoms with van der Waals surface area (Å²) in [5.74, 6) is 0. The third kappa shape index (κ3) is 1.30. The SMILES string of the molecule is [2H]CS(=O)(O)(C(C)=O)C(C)=O. The van der Waals surface area contributed by atoms with Gasteiger partial charge in [0, 0.05) is 21.5 Å². The minimum Gasteiger partial charge on any atom is -0.290 e. The van der Waals surface area contributed by atoms with Crippen molar-refractivity contribution in [3.05, 3.63) is 0 Å². The lowest BCUT2D eigenvalue weighted by atomic mass is 10.9. The van der Waals surface area contributed by atoms with E-state index in [1.807, 2.05) is 0 Å². The molecule has 0 aromatic heterocycles. The van der Waals surface area contributed by atoms with Gasteiger partial charge in [0.05, 0.1) is 0 Å². The van der Waals surface area contributed by atoms with Crippen molar-refractivity contribution in [2.75, 3.05) is 6.23 Å². The number of hydrogen-bond acceptors (Lipinski definition) is 3. The zero-order valence-electron chi connectivity index (χ0n) is 6.79. The molecule has 0 spiro atoms. The molecule has 0 saturated heterocycles. The van der Waals surface area contributed by atoms with Crippen LogP contribution in [0.1, 0.15) is 15.2 Å². The van der Waals surface area contributed by atoms with E-state index in [4.69, 9.17) is 5.92 Å². The molecule has 0 amide bonds. The molecule has 0 atom stereocenters. The van der Waals surface area contributed by atoms with Crippen LogP contribution in [0.15, 0.2) is 0 Å². The first-order chi connectivity index (χ1) is 4.74. The van der Waals surface area contributed by atoms with Crippen LogP contribution in [0, 0.1) is 0 Å². The maximum atomic E-state index is 11.2. The second-order valence-corrected chi connectivity index (χ2v) is 5.32. The van der Waals surface area contributed by atoms with Crippen LogP contribution in [0.2, 0.25) is 0 Å².